The monoisotopic (exact) mass is 301 g/mol. The van der Waals surface area contributed by atoms with Crippen molar-refractivity contribution in [3.05, 3.63) is 70.1 Å². The zero-order chi connectivity index (χ0) is 15.0. The normalized spacial score (nSPS) is 10.8. The van der Waals surface area contributed by atoms with E-state index in [0.717, 1.165) is 5.56 Å². The number of benzene rings is 2. The Labute approximate surface area is 124 Å². The molecule has 0 saturated carbocycles. The predicted molar refractivity (Wildman–Crippen MR) is 80.1 cm³/mol. The van der Waals surface area contributed by atoms with Crippen LogP contribution in [0.15, 0.2) is 53.3 Å². The lowest BCUT2D eigenvalue weighted by molar-refractivity contribution is 0.107. The van der Waals surface area contributed by atoms with E-state index in [1.165, 1.54) is 18.2 Å². The highest BCUT2D eigenvalue weighted by Crippen LogP contribution is 2.22. The second-order valence-electron chi connectivity index (χ2n) is 4.54. The van der Waals surface area contributed by atoms with E-state index in [1.807, 2.05) is 18.2 Å². The quantitative estimate of drug-likeness (QED) is 0.734. The van der Waals surface area contributed by atoms with Gasteiger partial charge in [-0.3, -0.25) is 9.59 Å². The van der Waals surface area contributed by atoms with Gasteiger partial charge < -0.3 is 4.98 Å². The van der Waals surface area contributed by atoms with E-state index in [-0.39, 0.29) is 21.9 Å². The molecule has 104 valence electrons. The summed E-state index contributed by atoms with van der Waals surface area (Å²) in [7, 11) is 0. The molecule has 0 amide bonds. The fourth-order valence-corrected chi connectivity index (χ4v) is 2.35. The van der Waals surface area contributed by atoms with Gasteiger partial charge in [0.25, 0.3) is 5.24 Å². The summed E-state index contributed by atoms with van der Waals surface area (Å²) in [5.41, 5.74) is 0.623. The molecule has 0 aliphatic rings. The summed E-state index contributed by atoms with van der Waals surface area (Å²) in [5.74, 6) is -0.817. The lowest BCUT2D eigenvalue weighted by Crippen LogP contribution is -2.06. The van der Waals surface area contributed by atoms with Crippen LogP contribution in [0.5, 0.6) is 0 Å². The molecule has 1 heterocycles. The molecule has 0 bridgehead atoms. The molecule has 0 spiro atoms. The molecule has 0 aliphatic heterocycles. The summed E-state index contributed by atoms with van der Waals surface area (Å²) in [6.07, 6.45) is 0. The minimum absolute atomic E-state index is 0.0205. The van der Waals surface area contributed by atoms with Crippen LogP contribution in [0.3, 0.4) is 0 Å². The fraction of sp³-hybridized carbons (Fsp3) is 0. The van der Waals surface area contributed by atoms with Crippen LogP contribution < -0.4 is 5.43 Å². The van der Waals surface area contributed by atoms with Crippen LogP contribution in [0.1, 0.15) is 10.4 Å². The molecule has 0 atom stereocenters. The van der Waals surface area contributed by atoms with Gasteiger partial charge >= 0.3 is 0 Å². The lowest BCUT2D eigenvalue weighted by Gasteiger charge is -2.07. The first kappa shape index (κ1) is 13.5. The maximum absolute atomic E-state index is 14.3. The maximum Gasteiger partial charge on any atom is 0.255 e. The Balaban J connectivity index is 2.34. The number of pyridine rings is 1. The van der Waals surface area contributed by atoms with Crippen molar-refractivity contribution >= 4 is 27.7 Å². The number of rotatable bonds is 2. The molecule has 3 nitrogen and oxygen atoms in total. The van der Waals surface area contributed by atoms with Crippen LogP contribution >= 0.6 is 11.6 Å². The summed E-state index contributed by atoms with van der Waals surface area (Å²) >= 11 is 5.33. The number of aromatic nitrogens is 1. The number of hydrogen-bond donors (Lipinski definition) is 1. The van der Waals surface area contributed by atoms with E-state index >= 15 is 0 Å². The molecule has 3 aromatic rings. The first-order chi connectivity index (χ1) is 10.1. The molecule has 0 radical (unpaired) electrons. The number of carbonyl (C=O) groups is 1. The molecule has 1 aromatic heterocycles. The van der Waals surface area contributed by atoms with E-state index < -0.39 is 11.1 Å². The second-order valence-corrected chi connectivity index (χ2v) is 4.88. The summed E-state index contributed by atoms with van der Waals surface area (Å²) < 4.78 is 14.3. The molecule has 3 rings (SSSR count). The van der Waals surface area contributed by atoms with Gasteiger partial charge in [-0.15, -0.1) is 0 Å². The average molecular weight is 302 g/mol. The van der Waals surface area contributed by atoms with Crippen LogP contribution in [-0.2, 0) is 0 Å². The number of H-pyrrole nitrogens is 1. The minimum atomic E-state index is -0.902. The summed E-state index contributed by atoms with van der Waals surface area (Å²) in [6, 6.07) is 13.1. The third kappa shape index (κ3) is 2.34. The van der Waals surface area contributed by atoms with E-state index in [1.54, 1.807) is 12.1 Å². The van der Waals surface area contributed by atoms with Crippen molar-refractivity contribution in [2.24, 2.45) is 0 Å². The molecule has 0 saturated heterocycles. The van der Waals surface area contributed by atoms with Crippen molar-refractivity contribution in [3.63, 3.8) is 0 Å². The van der Waals surface area contributed by atoms with Crippen molar-refractivity contribution < 1.29 is 9.18 Å². The van der Waals surface area contributed by atoms with Crippen LogP contribution in [0.2, 0.25) is 0 Å². The highest BCUT2D eigenvalue weighted by Gasteiger charge is 2.15. The minimum Gasteiger partial charge on any atom is -0.352 e. The van der Waals surface area contributed by atoms with Crippen molar-refractivity contribution in [1.29, 1.82) is 0 Å². The molecule has 0 aliphatic carbocycles. The fourth-order valence-electron chi connectivity index (χ4n) is 2.21. The van der Waals surface area contributed by atoms with Gasteiger partial charge in [0.1, 0.15) is 0 Å². The highest BCUT2D eigenvalue weighted by molar-refractivity contribution is 6.67. The standard InChI is InChI=1S/C16H9ClFNO2/c17-16(21)11-7-6-10-13(20)8-12(19-15(10)14(11)18)9-4-2-1-3-5-9/h1-8H,(H,19,20). The van der Waals surface area contributed by atoms with Gasteiger partial charge in [0.15, 0.2) is 11.2 Å². The van der Waals surface area contributed by atoms with Crippen molar-refractivity contribution in [2.45, 2.75) is 0 Å². The highest BCUT2D eigenvalue weighted by atomic mass is 35.5. The van der Waals surface area contributed by atoms with Gasteiger partial charge in [0.05, 0.1) is 11.1 Å². The summed E-state index contributed by atoms with van der Waals surface area (Å²) in [6.45, 7) is 0. The Morgan fingerprint density at radius 1 is 1.10 bits per heavy atom. The summed E-state index contributed by atoms with van der Waals surface area (Å²) in [4.78, 5) is 26.1. The number of nitrogens with one attached hydrogen (secondary N) is 1. The second kappa shape index (κ2) is 5.14. The zero-order valence-electron chi connectivity index (χ0n) is 10.7. The molecule has 1 N–H and O–H groups in total. The lowest BCUT2D eigenvalue weighted by atomic mass is 10.1. The number of hydrogen-bond acceptors (Lipinski definition) is 2. The Morgan fingerprint density at radius 2 is 1.81 bits per heavy atom. The Hall–Kier alpha value is -2.46. The van der Waals surface area contributed by atoms with Crippen molar-refractivity contribution in [1.82, 2.24) is 4.98 Å². The van der Waals surface area contributed by atoms with Gasteiger partial charge in [-0.05, 0) is 29.3 Å². The van der Waals surface area contributed by atoms with Crippen molar-refractivity contribution in [2.75, 3.05) is 0 Å². The van der Waals surface area contributed by atoms with Gasteiger partial charge in [-0.1, -0.05) is 30.3 Å². The topological polar surface area (TPSA) is 49.9 Å². The largest absolute Gasteiger partial charge is 0.352 e. The molecular formula is C16H9ClFNO2. The van der Waals surface area contributed by atoms with E-state index in [2.05, 4.69) is 4.98 Å². The van der Waals surface area contributed by atoms with Crippen LogP contribution in [0.25, 0.3) is 22.2 Å². The first-order valence-electron chi connectivity index (χ1n) is 6.18. The Kier molecular flexibility index (Phi) is 3.31. The average Bonchev–Trinajstić information content (AvgIpc) is 2.48. The maximum atomic E-state index is 14.3. The molecule has 0 fully saturated rings. The SMILES string of the molecule is O=C(Cl)c1ccc2c(=O)cc(-c3ccccc3)[nH]c2c1F. The van der Waals surface area contributed by atoms with Gasteiger partial charge in [0.2, 0.25) is 0 Å². The van der Waals surface area contributed by atoms with E-state index in [0.29, 0.717) is 5.69 Å². The van der Waals surface area contributed by atoms with Crippen LogP contribution in [0, 0.1) is 5.82 Å². The van der Waals surface area contributed by atoms with E-state index in [4.69, 9.17) is 11.6 Å². The molecule has 0 unspecified atom stereocenters. The van der Waals surface area contributed by atoms with Crippen molar-refractivity contribution in [3.8, 4) is 11.3 Å². The predicted octanol–water partition coefficient (Wildman–Crippen LogP) is 3.71. The van der Waals surface area contributed by atoms with Gasteiger partial charge in [0, 0.05) is 17.1 Å². The molecule has 21 heavy (non-hydrogen) atoms. The van der Waals surface area contributed by atoms with Crippen LogP contribution in [0.4, 0.5) is 4.39 Å². The number of halogens is 2. The Morgan fingerprint density at radius 3 is 2.48 bits per heavy atom. The zero-order valence-corrected chi connectivity index (χ0v) is 11.4. The summed E-state index contributed by atoms with van der Waals surface area (Å²) in [5, 5.41) is -0.728. The third-order valence-corrected chi connectivity index (χ3v) is 3.44. The Bertz CT molecular complexity index is 903. The van der Waals surface area contributed by atoms with E-state index in [9.17, 15) is 14.0 Å². The van der Waals surface area contributed by atoms with Gasteiger partial charge in [-0.2, -0.15) is 0 Å². The number of fused-ring (bicyclic) bond motifs is 1. The molecular weight excluding hydrogens is 293 g/mol. The first-order valence-corrected chi connectivity index (χ1v) is 6.56. The number of aromatic amines is 1. The number of carbonyl (C=O) groups excluding carboxylic acids is 1. The smallest absolute Gasteiger partial charge is 0.255 e. The van der Waals surface area contributed by atoms with Crippen LogP contribution in [-0.4, -0.2) is 10.2 Å². The molecule has 2 aromatic carbocycles. The molecule has 5 heteroatoms. The third-order valence-electron chi connectivity index (χ3n) is 3.24. The van der Waals surface area contributed by atoms with Gasteiger partial charge in [-0.25, -0.2) is 4.39 Å².